The van der Waals surface area contributed by atoms with E-state index in [0.717, 1.165) is 0 Å². The number of methoxy groups -OCH3 is 1. The lowest BCUT2D eigenvalue weighted by Crippen LogP contribution is -2.27. The van der Waals surface area contributed by atoms with Crippen LogP contribution in [0.1, 0.15) is 25.3 Å². The van der Waals surface area contributed by atoms with Crippen LogP contribution in [0.2, 0.25) is 0 Å². The Hall–Kier alpha value is -2.17. The smallest absolute Gasteiger partial charge is 0.306 e. The van der Waals surface area contributed by atoms with Gasteiger partial charge in [0, 0.05) is 17.5 Å². The minimum absolute atomic E-state index is 0.00189. The summed E-state index contributed by atoms with van der Waals surface area (Å²) >= 11 is 0. The van der Waals surface area contributed by atoms with E-state index in [2.05, 4.69) is 11.3 Å². The van der Waals surface area contributed by atoms with Crippen molar-refractivity contribution < 1.29 is 14.5 Å². The molecule has 0 aliphatic rings. The van der Waals surface area contributed by atoms with Gasteiger partial charge in [0.25, 0.3) is 5.69 Å². The maximum absolute atomic E-state index is 11.5. The van der Waals surface area contributed by atoms with Crippen LogP contribution in [0.15, 0.2) is 36.9 Å². The lowest BCUT2D eigenvalue weighted by Gasteiger charge is -2.28. The number of rotatable bonds is 6. The first-order valence-electron chi connectivity index (χ1n) is 5.94. The van der Waals surface area contributed by atoms with Crippen LogP contribution in [-0.4, -0.2) is 18.0 Å². The van der Waals surface area contributed by atoms with Gasteiger partial charge in [0.2, 0.25) is 0 Å². The van der Waals surface area contributed by atoms with Gasteiger partial charge in [-0.3, -0.25) is 14.9 Å². The van der Waals surface area contributed by atoms with Crippen LogP contribution < -0.4 is 0 Å². The maximum atomic E-state index is 11.5. The van der Waals surface area contributed by atoms with Crippen LogP contribution in [-0.2, 0) is 14.9 Å². The van der Waals surface area contributed by atoms with Gasteiger partial charge in [-0.05, 0) is 12.0 Å². The molecule has 0 heterocycles. The average molecular weight is 263 g/mol. The number of allylic oxidation sites excluding steroid dienone is 1. The van der Waals surface area contributed by atoms with Crippen LogP contribution in [0.5, 0.6) is 0 Å². The molecular weight excluding hydrogens is 246 g/mol. The summed E-state index contributed by atoms with van der Waals surface area (Å²) in [4.78, 5) is 21.9. The van der Waals surface area contributed by atoms with E-state index < -0.39 is 10.3 Å². The highest BCUT2D eigenvalue weighted by molar-refractivity contribution is 5.72. The number of carbonyl (C=O) groups is 1. The Morgan fingerprint density at radius 3 is 2.74 bits per heavy atom. The first-order valence-corrected chi connectivity index (χ1v) is 5.94. The fourth-order valence-corrected chi connectivity index (χ4v) is 2.02. The molecule has 0 amide bonds. The number of esters is 1. The third-order valence-electron chi connectivity index (χ3n) is 3.34. The Labute approximate surface area is 112 Å². The first-order chi connectivity index (χ1) is 8.99. The molecule has 0 spiro atoms. The Bertz CT molecular complexity index is 498. The quantitative estimate of drug-likeness (QED) is 0.342. The summed E-state index contributed by atoms with van der Waals surface area (Å²) < 4.78 is 4.69. The van der Waals surface area contributed by atoms with Gasteiger partial charge in [-0.2, -0.15) is 0 Å². The summed E-state index contributed by atoms with van der Waals surface area (Å²) in [7, 11) is 1.32. The van der Waals surface area contributed by atoms with Crippen molar-refractivity contribution in [3.63, 3.8) is 0 Å². The molecule has 0 saturated carbocycles. The van der Waals surface area contributed by atoms with Crippen LogP contribution in [0.25, 0.3) is 0 Å². The molecule has 0 aliphatic heterocycles. The second kappa shape index (κ2) is 6.13. The lowest BCUT2D eigenvalue weighted by molar-refractivity contribution is -0.385. The van der Waals surface area contributed by atoms with Crippen LogP contribution in [0.3, 0.4) is 0 Å². The Kier molecular flexibility index (Phi) is 4.80. The minimum Gasteiger partial charge on any atom is -0.469 e. The van der Waals surface area contributed by atoms with Crippen molar-refractivity contribution in [2.75, 3.05) is 7.11 Å². The standard InChI is InChI=1S/C14H17NO4/c1-4-14(5-2,10-13(16)19-3)11-7-6-8-12(9-11)15(17)18/h4,6-9H,1,5,10H2,2-3H3. The Balaban J connectivity index is 3.25. The topological polar surface area (TPSA) is 69.4 Å². The monoisotopic (exact) mass is 263 g/mol. The highest BCUT2D eigenvalue weighted by atomic mass is 16.6. The van der Waals surface area contributed by atoms with E-state index in [1.165, 1.54) is 19.2 Å². The number of ether oxygens (including phenoxy) is 1. The van der Waals surface area contributed by atoms with Crippen LogP contribution in [0.4, 0.5) is 5.69 Å². The number of hydrogen-bond donors (Lipinski definition) is 0. The molecule has 0 bridgehead atoms. The van der Waals surface area contributed by atoms with E-state index in [-0.39, 0.29) is 18.1 Å². The highest BCUT2D eigenvalue weighted by Gasteiger charge is 2.31. The van der Waals surface area contributed by atoms with Crippen molar-refractivity contribution in [2.24, 2.45) is 0 Å². The number of nitro benzene ring substituents is 1. The van der Waals surface area contributed by atoms with Gasteiger partial charge in [-0.1, -0.05) is 25.1 Å². The van der Waals surface area contributed by atoms with Crippen molar-refractivity contribution in [2.45, 2.75) is 25.2 Å². The Morgan fingerprint density at radius 1 is 1.58 bits per heavy atom. The van der Waals surface area contributed by atoms with E-state index in [0.29, 0.717) is 12.0 Å². The zero-order valence-electron chi connectivity index (χ0n) is 11.1. The van der Waals surface area contributed by atoms with Gasteiger partial charge in [0.15, 0.2) is 0 Å². The van der Waals surface area contributed by atoms with Gasteiger partial charge in [0.1, 0.15) is 0 Å². The summed E-state index contributed by atoms with van der Waals surface area (Å²) in [6, 6.07) is 6.28. The highest BCUT2D eigenvalue weighted by Crippen LogP contribution is 2.35. The molecule has 102 valence electrons. The van der Waals surface area contributed by atoms with Crippen molar-refractivity contribution in [1.82, 2.24) is 0 Å². The lowest BCUT2D eigenvalue weighted by atomic mass is 9.75. The fourth-order valence-electron chi connectivity index (χ4n) is 2.02. The van der Waals surface area contributed by atoms with Crippen LogP contribution in [0, 0.1) is 10.1 Å². The molecule has 0 N–H and O–H groups in total. The number of nitro groups is 1. The van der Waals surface area contributed by atoms with Crippen molar-refractivity contribution in [3.8, 4) is 0 Å². The van der Waals surface area contributed by atoms with E-state index in [4.69, 9.17) is 0 Å². The first kappa shape index (κ1) is 14.9. The zero-order valence-corrected chi connectivity index (χ0v) is 11.1. The van der Waals surface area contributed by atoms with E-state index in [9.17, 15) is 14.9 Å². The third-order valence-corrected chi connectivity index (χ3v) is 3.34. The molecule has 5 heteroatoms. The molecular formula is C14H17NO4. The van der Waals surface area contributed by atoms with Gasteiger partial charge >= 0.3 is 5.97 Å². The third kappa shape index (κ3) is 3.19. The SMILES string of the molecule is C=CC(CC)(CC(=O)OC)c1cccc([N+](=O)[O-])c1. The van der Waals surface area contributed by atoms with E-state index in [1.54, 1.807) is 18.2 Å². The molecule has 1 aromatic rings. The van der Waals surface area contributed by atoms with Gasteiger partial charge in [-0.15, -0.1) is 6.58 Å². The minimum atomic E-state index is -0.640. The molecule has 1 aromatic carbocycles. The molecule has 0 saturated heterocycles. The molecule has 1 rings (SSSR count). The number of non-ortho nitro benzene ring substituents is 1. The molecule has 0 aromatic heterocycles. The van der Waals surface area contributed by atoms with Gasteiger partial charge < -0.3 is 4.74 Å². The zero-order chi connectivity index (χ0) is 14.5. The largest absolute Gasteiger partial charge is 0.469 e. The molecule has 1 atom stereocenters. The predicted octanol–water partition coefficient (Wildman–Crippen LogP) is 2.99. The maximum Gasteiger partial charge on any atom is 0.306 e. The fraction of sp³-hybridized carbons (Fsp3) is 0.357. The molecule has 0 aliphatic carbocycles. The van der Waals surface area contributed by atoms with Crippen LogP contribution >= 0.6 is 0 Å². The molecule has 1 unspecified atom stereocenters. The van der Waals surface area contributed by atoms with Gasteiger partial charge in [0.05, 0.1) is 18.5 Å². The molecule has 0 radical (unpaired) electrons. The second-order valence-corrected chi connectivity index (χ2v) is 4.27. The number of benzene rings is 1. The van der Waals surface area contributed by atoms with Gasteiger partial charge in [-0.25, -0.2) is 0 Å². The summed E-state index contributed by atoms with van der Waals surface area (Å²) in [6.45, 7) is 5.67. The van der Waals surface area contributed by atoms with Crippen molar-refractivity contribution >= 4 is 11.7 Å². The van der Waals surface area contributed by atoms with E-state index >= 15 is 0 Å². The summed E-state index contributed by atoms with van der Waals surface area (Å²) in [6.07, 6.45) is 2.38. The number of carbonyl (C=O) groups excluding carboxylic acids is 1. The summed E-state index contributed by atoms with van der Waals surface area (Å²) in [5.74, 6) is -0.367. The molecule has 5 nitrogen and oxygen atoms in total. The van der Waals surface area contributed by atoms with Crippen molar-refractivity contribution in [1.29, 1.82) is 0 Å². The average Bonchev–Trinajstić information content (AvgIpc) is 2.44. The van der Waals surface area contributed by atoms with Crippen molar-refractivity contribution in [3.05, 3.63) is 52.6 Å². The van der Waals surface area contributed by atoms with E-state index in [1.807, 2.05) is 6.92 Å². The Morgan fingerprint density at radius 2 is 2.26 bits per heavy atom. The predicted molar refractivity (Wildman–Crippen MR) is 71.9 cm³/mol. The normalized spacial score (nSPS) is 13.4. The number of hydrogen-bond acceptors (Lipinski definition) is 4. The molecule has 19 heavy (non-hydrogen) atoms. The second-order valence-electron chi connectivity index (χ2n) is 4.27. The molecule has 0 fully saturated rings. The number of nitrogens with zero attached hydrogens (tertiary/aromatic N) is 1. The summed E-state index contributed by atoms with van der Waals surface area (Å²) in [5, 5.41) is 10.8. The summed E-state index contributed by atoms with van der Waals surface area (Å²) in [5.41, 5.74) is 0.0608.